The highest BCUT2D eigenvalue weighted by Crippen LogP contribution is 2.45. The largest absolute Gasteiger partial charge is 0.390 e. The number of likely N-dealkylation sites (N-methyl/N-ethyl adjacent to an activating group) is 2. The Kier molecular flexibility index (Phi) is 13.8. The van der Waals surface area contributed by atoms with Crippen LogP contribution in [0.1, 0.15) is 13.8 Å². The zero-order chi connectivity index (χ0) is 25.4. The number of hydrogen-bond donors (Lipinski definition) is 6. The number of carbonyl (C=O) groups excluding carboxylic acids is 1. The van der Waals surface area contributed by atoms with E-state index in [2.05, 4.69) is 101 Å². The van der Waals surface area contributed by atoms with Crippen molar-refractivity contribution in [2.75, 3.05) is 98.2 Å². The minimum Gasteiger partial charge on any atom is -0.390 e. The number of likely N-dealkylation sites (tertiary alicyclic amines) is 1. The fraction of sp³-hybridized carbons (Fsp3) is 0.955. The van der Waals surface area contributed by atoms with Crippen LogP contribution < -0.4 is 0 Å². The lowest BCUT2D eigenvalue weighted by Gasteiger charge is -2.49. The molecule has 2 rings (SSSR count). The minimum absolute atomic E-state index is 0.200. The Morgan fingerprint density at radius 3 is 1.56 bits per heavy atom. The third-order valence-corrected chi connectivity index (χ3v) is 10.2. The van der Waals surface area contributed by atoms with Gasteiger partial charge in [-0.25, -0.2) is 0 Å². The molecule has 1 atom stereocenters. The summed E-state index contributed by atoms with van der Waals surface area (Å²) in [6.45, 7) is 16.6. The van der Waals surface area contributed by atoms with Gasteiger partial charge in [0, 0.05) is 78.5 Å². The standard InChI is InChI=1S/C22H45N5O2S5/c1-3-23-5-6-24(4-2)8-11-26(12-10-25(9-7-23)13-14-28)15-19(29)16-27-17-21(31,32)20(30)22(33,34)18-27/h14,19-20,29-34H,3-13,15-18H2,1-2H3. The maximum Gasteiger partial charge on any atom is 0.133 e. The summed E-state index contributed by atoms with van der Waals surface area (Å²) >= 11 is 23.4. The SMILES string of the molecule is CCN1CCN(CC)CCN(CC(O)CN2CC(S)(S)C(S)C(S)(S)C2)CCN(CC=O)CC1. The van der Waals surface area contributed by atoms with Crippen molar-refractivity contribution in [2.45, 2.75) is 33.4 Å². The molecule has 1 N–H and O–H groups in total. The van der Waals surface area contributed by atoms with Crippen molar-refractivity contribution in [2.24, 2.45) is 0 Å². The summed E-state index contributed by atoms with van der Waals surface area (Å²) < 4.78 is -1.30. The molecule has 12 heteroatoms. The molecule has 2 heterocycles. The Morgan fingerprint density at radius 1 is 0.765 bits per heavy atom. The third-order valence-electron chi connectivity index (χ3n) is 6.88. The molecule has 0 aromatic rings. The van der Waals surface area contributed by atoms with Crippen LogP contribution in [-0.2, 0) is 4.79 Å². The average Bonchev–Trinajstić information content (AvgIpc) is 2.75. The maximum absolute atomic E-state index is 11.2. The summed E-state index contributed by atoms with van der Waals surface area (Å²) in [5.41, 5.74) is 0. The lowest BCUT2D eigenvalue weighted by atomic mass is 10.1. The number of thiol groups is 5. The summed E-state index contributed by atoms with van der Waals surface area (Å²) in [6, 6.07) is 0. The van der Waals surface area contributed by atoms with Crippen molar-refractivity contribution >= 4 is 69.4 Å². The van der Waals surface area contributed by atoms with E-state index in [1.165, 1.54) is 0 Å². The number of aldehydes is 1. The Hall–Kier alpha value is 1.18. The summed E-state index contributed by atoms with van der Waals surface area (Å²) in [4.78, 5) is 22.9. The van der Waals surface area contributed by atoms with Crippen molar-refractivity contribution in [3.05, 3.63) is 0 Å². The van der Waals surface area contributed by atoms with Gasteiger partial charge in [0.05, 0.1) is 26.1 Å². The monoisotopic (exact) mass is 571 g/mol. The highest BCUT2D eigenvalue weighted by molar-refractivity contribution is 8.05. The molecule has 0 aromatic carbocycles. The van der Waals surface area contributed by atoms with E-state index in [-0.39, 0.29) is 5.25 Å². The minimum atomic E-state index is -0.651. The fourth-order valence-electron chi connectivity index (χ4n) is 4.72. The van der Waals surface area contributed by atoms with Gasteiger partial charge in [-0.05, 0) is 13.1 Å². The normalized spacial score (nSPS) is 26.6. The van der Waals surface area contributed by atoms with E-state index >= 15 is 0 Å². The van der Waals surface area contributed by atoms with E-state index in [1.807, 2.05) is 0 Å². The van der Waals surface area contributed by atoms with E-state index < -0.39 is 14.3 Å². The molecule has 0 radical (unpaired) electrons. The van der Waals surface area contributed by atoms with Gasteiger partial charge in [-0.2, -0.15) is 63.1 Å². The number of nitrogens with zero attached hydrogens (tertiary/aromatic N) is 5. The van der Waals surface area contributed by atoms with Crippen LogP contribution in [0.25, 0.3) is 0 Å². The molecule has 200 valence electrons. The molecular weight excluding hydrogens is 527 g/mol. The molecule has 7 nitrogen and oxygen atoms in total. The smallest absolute Gasteiger partial charge is 0.133 e. The number of β-amino-alcohol motifs (C(OH)–C–C–N with tert-alkyl or cyclic N) is 1. The van der Waals surface area contributed by atoms with Crippen LogP contribution in [0.15, 0.2) is 0 Å². The predicted molar refractivity (Wildman–Crippen MR) is 160 cm³/mol. The Labute approximate surface area is 234 Å². The van der Waals surface area contributed by atoms with Crippen molar-refractivity contribution in [3.63, 3.8) is 0 Å². The molecular formula is C22H45N5O2S5. The van der Waals surface area contributed by atoms with Gasteiger partial charge < -0.3 is 19.7 Å². The number of aliphatic hydroxyl groups excluding tert-OH is 1. The molecule has 2 aliphatic heterocycles. The molecule has 0 amide bonds. The Morgan fingerprint density at radius 2 is 1.15 bits per heavy atom. The molecule has 0 bridgehead atoms. The summed E-state index contributed by atoms with van der Waals surface area (Å²) in [5.74, 6) is 0. The van der Waals surface area contributed by atoms with Gasteiger partial charge in [0.2, 0.25) is 0 Å². The van der Waals surface area contributed by atoms with Crippen LogP contribution in [0.5, 0.6) is 0 Å². The van der Waals surface area contributed by atoms with E-state index in [0.29, 0.717) is 32.7 Å². The Balaban J connectivity index is 2.01. The van der Waals surface area contributed by atoms with Crippen molar-refractivity contribution in [1.82, 2.24) is 24.5 Å². The van der Waals surface area contributed by atoms with Crippen LogP contribution >= 0.6 is 63.1 Å². The first-order chi connectivity index (χ1) is 16.0. The first-order valence-electron chi connectivity index (χ1n) is 12.3. The molecule has 0 saturated carbocycles. The molecule has 1 unspecified atom stereocenters. The van der Waals surface area contributed by atoms with Crippen LogP contribution in [0.3, 0.4) is 0 Å². The van der Waals surface area contributed by atoms with E-state index in [9.17, 15) is 9.90 Å². The number of carbonyl (C=O) groups is 1. The fourth-order valence-corrected chi connectivity index (χ4v) is 6.97. The summed E-state index contributed by atoms with van der Waals surface area (Å²) in [7, 11) is 0. The number of aliphatic hydroxyl groups is 1. The molecule has 2 fully saturated rings. The zero-order valence-electron chi connectivity index (χ0n) is 20.7. The summed E-state index contributed by atoms with van der Waals surface area (Å²) in [6.07, 6.45) is 0.470. The average molecular weight is 572 g/mol. The lowest BCUT2D eigenvalue weighted by molar-refractivity contribution is -0.109. The van der Waals surface area contributed by atoms with Crippen LogP contribution in [0.2, 0.25) is 0 Å². The second kappa shape index (κ2) is 14.9. The second-order valence-corrected chi connectivity index (χ2v) is 14.0. The lowest BCUT2D eigenvalue weighted by Crippen LogP contribution is -2.60. The van der Waals surface area contributed by atoms with Gasteiger partial charge in [-0.15, -0.1) is 0 Å². The van der Waals surface area contributed by atoms with Gasteiger partial charge >= 0.3 is 0 Å². The molecule has 0 spiro atoms. The van der Waals surface area contributed by atoms with Crippen LogP contribution in [0.4, 0.5) is 0 Å². The molecule has 2 saturated heterocycles. The van der Waals surface area contributed by atoms with Gasteiger partial charge in [0.15, 0.2) is 0 Å². The summed E-state index contributed by atoms with van der Waals surface area (Å²) in [5, 5.41) is 10.8. The first kappa shape index (κ1) is 31.4. The third kappa shape index (κ3) is 10.2. The van der Waals surface area contributed by atoms with Crippen LogP contribution in [0, 0.1) is 0 Å². The van der Waals surface area contributed by atoms with Gasteiger partial charge in [-0.3, -0.25) is 14.7 Å². The zero-order valence-corrected chi connectivity index (χ0v) is 25.1. The van der Waals surface area contributed by atoms with Crippen LogP contribution in [-0.4, -0.2) is 154 Å². The topological polar surface area (TPSA) is 53.5 Å². The van der Waals surface area contributed by atoms with Gasteiger partial charge in [0.25, 0.3) is 0 Å². The molecule has 0 aliphatic carbocycles. The highest BCUT2D eigenvalue weighted by Gasteiger charge is 2.48. The van der Waals surface area contributed by atoms with Crippen molar-refractivity contribution in [3.8, 4) is 0 Å². The number of hydrogen-bond acceptors (Lipinski definition) is 12. The first-order valence-corrected chi connectivity index (χ1v) is 14.6. The highest BCUT2D eigenvalue weighted by atomic mass is 32.2. The maximum atomic E-state index is 11.2. The van der Waals surface area contributed by atoms with E-state index in [4.69, 9.17) is 0 Å². The molecule has 2 aliphatic rings. The number of piperidine rings is 1. The number of rotatable bonds is 8. The quantitative estimate of drug-likeness (QED) is 0.145. The molecule has 0 aromatic heterocycles. The van der Waals surface area contributed by atoms with E-state index in [0.717, 1.165) is 71.7 Å². The predicted octanol–water partition coefficient (Wildman–Crippen LogP) is 0.533. The Bertz CT molecular complexity index is 600. The second-order valence-electron chi connectivity index (χ2n) is 9.62. The van der Waals surface area contributed by atoms with Crippen molar-refractivity contribution in [1.29, 1.82) is 0 Å². The van der Waals surface area contributed by atoms with E-state index in [1.54, 1.807) is 0 Å². The molecule has 34 heavy (non-hydrogen) atoms. The van der Waals surface area contributed by atoms with Gasteiger partial charge in [-0.1, -0.05) is 13.8 Å². The van der Waals surface area contributed by atoms with Gasteiger partial charge in [0.1, 0.15) is 6.29 Å². The van der Waals surface area contributed by atoms with Crippen molar-refractivity contribution < 1.29 is 9.90 Å².